The van der Waals surface area contributed by atoms with Crippen LogP contribution in [-0.4, -0.2) is 34.1 Å². The summed E-state index contributed by atoms with van der Waals surface area (Å²) in [4.78, 5) is 32.4. The predicted molar refractivity (Wildman–Crippen MR) is 163 cm³/mol. The monoisotopic (exact) mass is 578 g/mol. The number of nitro benzene ring substituents is 1. The molecule has 0 saturated heterocycles. The van der Waals surface area contributed by atoms with Crippen LogP contribution < -0.4 is 19.9 Å². The van der Waals surface area contributed by atoms with E-state index in [9.17, 15) is 14.9 Å². The first kappa shape index (κ1) is 32.3. The fraction of sp³-hybridized carbons (Fsp3) is 0.469. The Morgan fingerprint density at radius 2 is 1.45 bits per heavy atom. The highest BCUT2D eigenvalue weighted by Gasteiger charge is 2.23. The Kier molecular flexibility index (Phi) is 13.5. The Labute approximate surface area is 247 Å². The maximum Gasteiger partial charge on any atom is 0.347 e. The van der Waals surface area contributed by atoms with E-state index in [-0.39, 0.29) is 28.6 Å². The highest BCUT2D eigenvalue weighted by atomic mass is 16.6. The molecule has 0 bridgehead atoms. The number of carbonyl (C=O) groups is 1. The number of nitrogens with zero attached hydrogens (tertiary/aromatic N) is 3. The topological polar surface area (TPSA) is 140 Å². The normalized spacial score (nSPS) is 10.8. The number of rotatable bonds is 19. The average molecular weight is 579 g/mol. The Morgan fingerprint density at radius 1 is 0.833 bits per heavy atom. The minimum absolute atomic E-state index is 0.0105. The van der Waals surface area contributed by atoms with E-state index in [2.05, 4.69) is 23.8 Å². The van der Waals surface area contributed by atoms with Gasteiger partial charge >= 0.3 is 11.7 Å². The molecule has 0 radical (unpaired) electrons. The number of anilines is 1. The molecule has 0 atom stereocenters. The number of carbonyl (C=O) groups excluding carboxylic acids is 1. The van der Waals surface area contributed by atoms with E-state index < -0.39 is 10.9 Å². The quantitative estimate of drug-likeness (QED) is 0.0493. The number of nitrogens with two attached hydrogens (primary N) is 1. The van der Waals surface area contributed by atoms with Crippen molar-refractivity contribution in [3.8, 4) is 28.6 Å². The van der Waals surface area contributed by atoms with Crippen molar-refractivity contribution in [2.24, 2.45) is 0 Å². The Bertz CT molecular complexity index is 1270. The summed E-state index contributed by atoms with van der Waals surface area (Å²) in [6, 6.07) is 9.91. The van der Waals surface area contributed by atoms with Crippen molar-refractivity contribution < 1.29 is 23.9 Å². The summed E-state index contributed by atoms with van der Waals surface area (Å²) < 4.78 is 16.8. The molecule has 0 aliphatic heterocycles. The summed E-state index contributed by atoms with van der Waals surface area (Å²) in [5.74, 6) is -0.123. The SMILES string of the molecule is CCCCCCCCOc1cc(N)c(C(=O)Oc2cnc(-c3ccc(OCCCCCCC)cc3)cn2)cc1[N+](=O)[O-]. The maximum atomic E-state index is 12.8. The summed E-state index contributed by atoms with van der Waals surface area (Å²) in [6.45, 7) is 5.36. The van der Waals surface area contributed by atoms with Gasteiger partial charge in [-0.15, -0.1) is 0 Å². The lowest BCUT2D eigenvalue weighted by atomic mass is 10.1. The van der Waals surface area contributed by atoms with E-state index >= 15 is 0 Å². The molecule has 3 rings (SSSR count). The molecule has 1 aromatic heterocycles. The molecule has 0 aliphatic carbocycles. The number of aromatic nitrogens is 2. The van der Waals surface area contributed by atoms with E-state index in [1.54, 1.807) is 0 Å². The number of hydrogen-bond acceptors (Lipinski definition) is 9. The Hall–Kier alpha value is -4.21. The maximum absolute atomic E-state index is 12.8. The number of ether oxygens (including phenoxy) is 3. The van der Waals surface area contributed by atoms with Gasteiger partial charge in [0.15, 0.2) is 5.75 Å². The van der Waals surface area contributed by atoms with E-state index in [4.69, 9.17) is 19.9 Å². The van der Waals surface area contributed by atoms with Gasteiger partial charge < -0.3 is 19.9 Å². The second-order valence-corrected chi connectivity index (χ2v) is 10.2. The van der Waals surface area contributed by atoms with Crippen LogP contribution in [0.5, 0.6) is 17.4 Å². The number of nitrogen functional groups attached to an aromatic ring is 1. The van der Waals surface area contributed by atoms with Crippen molar-refractivity contribution >= 4 is 17.3 Å². The van der Waals surface area contributed by atoms with Crippen LogP contribution in [0.15, 0.2) is 48.8 Å². The fourth-order valence-electron chi connectivity index (χ4n) is 4.37. The highest BCUT2D eigenvalue weighted by molar-refractivity contribution is 5.97. The van der Waals surface area contributed by atoms with Crippen molar-refractivity contribution in [3.05, 3.63) is 64.5 Å². The molecular formula is C32H42N4O6. The number of nitro groups is 1. The third-order valence-electron chi connectivity index (χ3n) is 6.80. The lowest BCUT2D eigenvalue weighted by Crippen LogP contribution is -2.13. The molecule has 226 valence electrons. The van der Waals surface area contributed by atoms with Gasteiger partial charge in [-0.05, 0) is 37.1 Å². The molecule has 2 aromatic carbocycles. The molecule has 3 aromatic rings. The van der Waals surface area contributed by atoms with Crippen molar-refractivity contribution in [2.45, 2.75) is 84.5 Å². The molecule has 0 spiro atoms. The summed E-state index contributed by atoms with van der Waals surface area (Å²) in [7, 11) is 0. The van der Waals surface area contributed by atoms with E-state index in [0.29, 0.717) is 18.9 Å². The third-order valence-corrected chi connectivity index (χ3v) is 6.80. The van der Waals surface area contributed by atoms with Gasteiger partial charge in [-0.2, -0.15) is 0 Å². The fourth-order valence-corrected chi connectivity index (χ4v) is 4.37. The molecular weight excluding hydrogens is 536 g/mol. The van der Waals surface area contributed by atoms with Crippen LogP contribution in [0.2, 0.25) is 0 Å². The van der Waals surface area contributed by atoms with Gasteiger partial charge in [0.2, 0.25) is 5.88 Å². The Balaban J connectivity index is 1.56. The van der Waals surface area contributed by atoms with Crippen LogP contribution >= 0.6 is 0 Å². The van der Waals surface area contributed by atoms with E-state index in [0.717, 1.165) is 49.5 Å². The van der Waals surface area contributed by atoms with Crippen molar-refractivity contribution in [1.82, 2.24) is 9.97 Å². The average Bonchev–Trinajstić information content (AvgIpc) is 2.99. The van der Waals surface area contributed by atoms with Gasteiger partial charge in [0.05, 0.1) is 47.5 Å². The minimum atomic E-state index is -0.878. The van der Waals surface area contributed by atoms with Crippen LogP contribution in [0.1, 0.15) is 94.8 Å². The zero-order valence-electron chi connectivity index (χ0n) is 24.7. The molecule has 0 aliphatic rings. The van der Waals surface area contributed by atoms with Gasteiger partial charge in [0, 0.05) is 17.7 Å². The van der Waals surface area contributed by atoms with Gasteiger partial charge in [-0.3, -0.25) is 10.1 Å². The third kappa shape index (κ3) is 10.3. The molecule has 42 heavy (non-hydrogen) atoms. The van der Waals surface area contributed by atoms with Crippen molar-refractivity contribution in [3.63, 3.8) is 0 Å². The van der Waals surface area contributed by atoms with Gasteiger partial charge in [0.1, 0.15) is 5.75 Å². The molecule has 0 unspecified atom stereocenters. The first-order valence-electron chi connectivity index (χ1n) is 14.9. The molecule has 0 amide bonds. The largest absolute Gasteiger partial charge is 0.494 e. The molecule has 2 N–H and O–H groups in total. The summed E-state index contributed by atoms with van der Waals surface area (Å²) in [6.07, 6.45) is 15.1. The molecule has 1 heterocycles. The molecule has 10 heteroatoms. The van der Waals surface area contributed by atoms with Crippen LogP contribution in [-0.2, 0) is 0 Å². The van der Waals surface area contributed by atoms with Gasteiger partial charge in [-0.25, -0.2) is 14.8 Å². The van der Waals surface area contributed by atoms with Crippen LogP contribution in [0.25, 0.3) is 11.3 Å². The van der Waals surface area contributed by atoms with E-state index in [1.807, 2.05) is 24.3 Å². The Morgan fingerprint density at radius 3 is 2.05 bits per heavy atom. The van der Waals surface area contributed by atoms with Crippen molar-refractivity contribution in [1.29, 1.82) is 0 Å². The van der Waals surface area contributed by atoms with Crippen molar-refractivity contribution in [2.75, 3.05) is 18.9 Å². The van der Waals surface area contributed by atoms with E-state index in [1.165, 1.54) is 57.0 Å². The van der Waals surface area contributed by atoms with Crippen LogP contribution in [0.4, 0.5) is 11.4 Å². The zero-order valence-corrected chi connectivity index (χ0v) is 24.7. The van der Waals surface area contributed by atoms with Gasteiger partial charge in [-0.1, -0.05) is 71.6 Å². The zero-order chi connectivity index (χ0) is 30.2. The summed E-state index contributed by atoms with van der Waals surface area (Å²) >= 11 is 0. The first-order valence-corrected chi connectivity index (χ1v) is 14.9. The van der Waals surface area contributed by atoms with Gasteiger partial charge in [0.25, 0.3) is 0 Å². The second kappa shape index (κ2) is 17.6. The lowest BCUT2D eigenvalue weighted by Gasteiger charge is -2.11. The molecule has 10 nitrogen and oxygen atoms in total. The number of hydrogen-bond donors (Lipinski definition) is 1. The van der Waals surface area contributed by atoms with Crippen LogP contribution in [0.3, 0.4) is 0 Å². The second-order valence-electron chi connectivity index (χ2n) is 10.2. The predicted octanol–water partition coefficient (Wildman–Crippen LogP) is 7.94. The minimum Gasteiger partial charge on any atom is -0.494 e. The standard InChI is InChI=1S/C32H42N4O6/c1-3-5-7-9-11-13-19-41-30-21-27(33)26(20-29(30)36(38)39)32(37)42-31-23-34-28(22-35-31)24-14-16-25(17-15-24)40-18-12-10-8-6-4-2/h14-17,20-23H,3-13,18-19,33H2,1-2H3. The molecule has 0 fully saturated rings. The van der Waals surface area contributed by atoms with Crippen LogP contribution in [0, 0.1) is 10.1 Å². The lowest BCUT2D eigenvalue weighted by molar-refractivity contribution is -0.385. The molecule has 0 saturated carbocycles. The number of benzene rings is 2. The summed E-state index contributed by atoms with van der Waals surface area (Å²) in [5.41, 5.74) is 6.97. The first-order chi connectivity index (χ1) is 20.4. The number of esters is 1. The highest BCUT2D eigenvalue weighted by Crippen LogP contribution is 2.33. The smallest absolute Gasteiger partial charge is 0.347 e. The number of unbranched alkanes of at least 4 members (excludes halogenated alkanes) is 9. The summed E-state index contributed by atoms with van der Waals surface area (Å²) in [5, 5.41) is 11.7.